The van der Waals surface area contributed by atoms with Crippen molar-refractivity contribution in [2.45, 2.75) is 42.7 Å². The van der Waals surface area contributed by atoms with Gasteiger partial charge in [0.15, 0.2) is 0 Å². The molecular formula is C14H22N2O2S2. The molecule has 2 atom stereocenters. The predicted molar refractivity (Wildman–Crippen MR) is 86.2 cm³/mol. The first-order chi connectivity index (χ1) is 9.50. The van der Waals surface area contributed by atoms with Gasteiger partial charge in [0.2, 0.25) is 10.0 Å². The van der Waals surface area contributed by atoms with Crippen LogP contribution in [0.5, 0.6) is 0 Å². The van der Waals surface area contributed by atoms with E-state index in [9.17, 15) is 8.42 Å². The van der Waals surface area contributed by atoms with Crippen LogP contribution in [0.15, 0.2) is 24.3 Å². The first-order valence-electron chi connectivity index (χ1n) is 6.87. The predicted octanol–water partition coefficient (Wildman–Crippen LogP) is 2.36. The van der Waals surface area contributed by atoms with Crippen molar-refractivity contribution in [3.8, 4) is 0 Å². The molecule has 4 nitrogen and oxygen atoms in total. The van der Waals surface area contributed by atoms with Crippen LogP contribution in [-0.2, 0) is 15.8 Å². The van der Waals surface area contributed by atoms with Gasteiger partial charge in [-0.1, -0.05) is 25.0 Å². The van der Waals surface area contributed by atoms with Crippen molar-refractivity contribution in [3.63, 3.8) is 0 Å². The van der Waals surface area contributed by atoms with Gasteiger partial charge in [-0.05, 0) is 36.8 Å². The second-order valence-corrected chi connectivity index (χ2v) is 8.11. The minimum atomic E-state index is -3.29. The van der Waals surface area contributed by atoms with Gasteiger partial charge >= 0.3 is 0 Å². The molecule has 0 saturated heterocycles. The molecule has 112 valence electrons. The van der Waals surface area contributed by atoms with Crippen LogP contribution in [-0.4, -0.2) is 26.0 Å². The third-order valence-corrected chi connectivity index (χ3v) is 6.22. The highest BCUT2D eigenvalue weighted by Crippen LogP contribution is 2.27. The maximum absolute atomic E-state index is 12.3. The van der Waals surface area contributed by atoms with Crippen molar-refractivity contribution in [3.05, 3.63) is 29.8 Å². The first kappa shape index (κ1) is 15.7. The monoisotopic (exact) mass is 314 g/mol. The van der Waals surface area contributed by atoms with E-state index >= 15 is 0 Å². The highest BCUT2D eigenvalue weighted by atomic mass is 32.2. The van der Waals surface area contributed by atoms with Crippen molar-refractivity contribution in [1.82, 2.24) is 4.72 Å². The molecule has 1 aliphatic rings. The standard InChI is InChI=1S/C14H22N2O2S2/c1-19-14-5-3-2-4-13(14)16-20(17,18)10-11-6-8-12(15)9-7-11/h6-9,13-14,16H,2-5,10,15H2,1H3. The molecular weight excluding hydrogens is 292 g/mol. The molecule has 0 radical (unpaired) electrons. The number of sulfonamides is 1. The molecule has 20 heavy (non-hydrogen) atoms. The van der Waals surface area contributed by atoms with E-state index in [1.54, 1.807) is 36.0 Å². The van der Waals surface area contributed by atoms with E-state index in [-0.39, 0.29) is 11.8 Å². The SMILES string of the molecule is CSC1CCCCC1NS(=O)(=O)Cc1ccc(N)cc1. The average Bonchev–Trinajstić information content (AvgIpc) is 2.41. The van der Waals surface area contributed by atoms with Crippen molar-refractivity contribution < 1.29 is 8.42 Å². The Kier molecular flexibility index (Phi) is 5.35. The van der Waals surface area contributed by atoms with Crippen LogP contribution in [0.2, 0.25) is 0 Å². The maximum atomic E-state index is 12.3. The molecule has 0 bridgehead atoms. The van der Waals surface area contributed by atoms with Crippen LogP contribution >= 0.6 is 11.8 Å². The lowest BCUT2D eigenvalue weighted by Gasteiger charge is -2.30. The van der Waals surface area contributed by atoms with E-state index in [0.717, 1.165) is 24.8 Å². The lowest BCUT2D eigenvalue weighted by Crippen LogP contribution is -2.44. The lowest BCUT2D eigenvalue weighted by atomic mass is 9.96. The second-order valence-electron chi connectivity index (χ2n) is 5.28. The number of rotatable bonds is 5. The number of nitrogen functional groups attached to an aromatic ring is 1. The summed E-state index contributed by atoms with van der Waals surface area (Å²) in [6.45, 7) is 0. The summed E-state index contributed by atoms with van der Waals surface area (Å²) in [4.78, 5) is 0. The van der Waals surface area contributed by atoms with Gasteiger partial charge in [0.1, 0.15) is 0 Å². The third kappa shape index (κ3) is 4.40. The number of anilines is 1. The zero-order chi connectivity index (χ0) is 14.6. The molecule has 0 heterocycles. The molecule has 1 aliphatic carbocycles. The third-order valence-electron chi connectivity index (χ3n) is 3.67. The number of benzene rings is 1. The van der Waals surface area contributed by atoms with Gasteiger partial charge in [0.05, 0.1) is 5.75 Å². The molecule has 1 saturated carbocycles. The van der Waals surface area contributed by atoms with Crippen LogP contribution in [0.3, 0.4) is 0 Å². The molecule has 0 aliphatic heterocycles. The Balaban J connectivity index is 2.01. The van der Waals surface area contributed by atoms with Gasteiger partial charge < -0.3 is 5.73 Å². The zero-order valence-corrected chi connectivity index (χ0v) is 13.3. The Labute approximate surface area is 125 Å². The number of thioether (sulfide) groups is 1. The normalized spacial score (nSPS) is 23.6. The smallest absolute Gasteiger partial charge is 0.216 e. The average molecular weight is 314 g/mol. The van der Waals surface area contributed by atoms with Gasteiger partial charge in [0, 0.05) is 17.0 Å². The number of nitrogens with one attached hydrogen (secondary N) is 1. The number of hydrogen-bond donors (Lipinski definition) is 2. The fourth-order valence-corrected chi connectivity index (χ4v) is 5.10. The minimum absolute atomic E-state index is 0.0187. The van der Waals surface area contributed by atoms with Crippen molar-refractivity contribution in [1.29, 1.82) is 0 Å². The molecule has 1 fully saturated rings. The summed E-state index contributed by atoms with van der Waals surface area (Å²) in [5.74, 6) is 0.0187. The zero-order valence-electron chi connectivity index (χ0n) is 11.7. The fraction of sp³-hybridized carbons (Fsp3) is 0.571. The van der Waals surface area contributed by atoms with E-state index in [0.29, 0.717) is 10.9 Å². The highest BCUT2D eigenvalue weighted by Gasteiger charge is 2.28. The minimum Gasteiger partial charge on any atom is -0.399 e. The first-order valence-corrected chi connectivity index (χ1v) is 9.81. The number of hydrogen-bond acceptors (Lipinski definition) is 4. The lowest BCUT2D eigenvalue weighted by molar-refractivity contribution is 0.423. The van der Waals surface area contributed by atoms with Gasteiger partial charge in [-0.3, -0.25) is 0 Å². The molecule has 2 unspecified atom stereocenters. The Hall–Kier alpha value is -0.720. The summed E-state index contributed by atoms with van der Waals surface area (Å²) in [7, 11) is -3.29. The van der Waals surface area contributed by atoms with Gasteiger partial charge in [-0.2, -0.15) is 11.8 Å². The van der Waals surface area contributed by atoms with Gasteiger partial charge in [0.25, 0.3) is 0 Å². The largest absolute Gasteiger partial charge is 0.399 e. The van der Waals surface area contributed by atoms with Gasteiger partial charge in [-0.15, -0.1) is 0 Å². The molecule has 1 aromatic carbocycles. The quantitative estimate of drug-likeness (QED) is 0.818. The van der Waals surface area contributed by atoms with Crippen LogP contribution in [0.1, 0.15) is 31.2 Å². The molecule has 6 heteroatoms. The molecule has 0 amide bonds. The van der Waals surface area contributed by atoms with Crippen LogP contribution in [0, 0.1) is 0 Å². The van der Waals surface area contributed by atoms with Crippen LogP contribution in [0.4, 0.5) is 5.69 Å². The van der Waals surface area contributed by atoms with E-state index < -0.39 is 10.0 Å². The summed E-state index contributed by atoms with van der Waals surface area (Å²) in [5.41, 5.74) is 7.02. The Morgan fingerprint density at radius 1 is 1.25 bits per heavy atom. The Morgan fingerprint density at radius 3 is 2.55 bits per heavy atom. The van der Waals surface area contributed by atoms with Crippen molar-refractivity contribution in [2.75, 3.05) is 12.0 Å². The van der Waals surface area contributed by atoms with Gasteiger partial charge in [-0.25, -0.2) is 13.1 Å². The fourth-order valence-electron chi connectivity index (χ4n) is 2.62. The van der Waals surface area contributed by atoms with Crippen LogP contribution < -0.4 is 10.5 Å². The van der Waals surface area contributed by atoms with E-state index in [4.69, 9.17) is 5.73 Å². The topological polar surface area (TPSA) is 72.2 Å². The molecule has 2 rings (SSSR count). The Bertz CT molecular complexity index is 529. The Morgan fingerprint density at radius 2 is 1.90 bits per heavy atom. The van der Waals surface area contributed by atoms with E-state index in [1.807, 2.05) is 0 Å². The maximum Gasteiger partial charge on any atom is 0.216 e. The highest BCUT2D eigenvalue weighted by molar-refractivity contribution is 7.99. The van der Waals surface area contributed by atoms with Crippen molar-refractivity contribution in [2.24, 2.45) is 0 Å². The summed E-state index contributed by atoms with van der Waals surface area (Å²) in [6.07, 6.45) is 6.38. The van der Waals surface area contributed by atoms with E-state index in [2.05, 4.69) is 11.0 Å². The second kappa shape index (κ2) is 6.83. The summed E-state index contributed by atoms with van der Waals surface area (Å²) in [6, 6.07) is 7.06. The molecule has 0 aromatic heterocycles. The molecule has 0 spiro atoms. The van der Waals surface area contributed by atoms with Crippen molar-refractivity contribution >= 4 is 27.5 Å². The number of nitrogens with two attached hydrogens (primary N) is 1. The molecule has 1 aromatic rings. The molecule has 3 N–H and O–H groups in total. The van der Waals surface area contributed by atoms with E-state index in [1.165, 1.54) is 6.42 Å². The summed E-state index contributed by atoms with van der Waals surface area (Å²) in [5, 5.41) is 0.393. The summed E-state index contributed by atoms with van der Waals surface area (Å²) < 4.78 is 27.4. The summed E-state index contributed by atoms with van der Waals surface area (Å²) >= 11 is 1.76. The van der Waals surface area contributed by atoms with Crippen LogP contribution in [0.25, 0.3) is 0 Å².